The molecule has 1 heterocycles. The van der Waals surface area contributed by atoms with Gasteiger partial charge in [0, 0.05) is 17.2 Å². The Hall–Kier alpha value is -3.28. The first kappa shape index (κ1) is 17.5. The average Bonchev–Trinajstić information content (AvgIpc) is 2.96. The third kappa shape index (κ3) is 3.54. The molecule has 1 aliphatic rings. The van der Waals surface area contributed by atoms with E-state index in [1.165, 1.54) is 12.1 Å². The fraction of sp³-hybridized carbons (Fsp3) is 0.200. The average molecular weight is 350 g/mol. The summed E-state index contributed by atoms with van der Waals surface area (Å²) in [5.74, 6) is -0.314. The SMILES string of the molecule is Cc1ccc(C2=N/C(=C/c3ccc(C(C)C)c([N+](=O)[O-])c3)C(=O)O2)cc1. The molecule has 0 amide bonds. The van der Waals surface area contributed by atoms with Gasteiger partial charge in [0.25, 0.3) is 5.69 Å². The Morgan fingerprint density at radius 2 is 1.85 bits per heavy atom. The molecule has 0 N–H and O–H groups in total. The molecule has 2 aromatic rings. The molecule has 0 fully saturated rings. The van der Waals surface area contributed by atoms with E-state index >= 15 is 0 Å². The number of benzene rings is 2. The minimum atomic E-state index is -0.573. The highest BCUT2D eigenvalue weighted by Gasteiger charge is 2.24. The maximum atomic E-state index is 12.1. The topological polar surface area (TPSA) is 81.8 Å². The van der Waals surface area contributed by atoms with Gasteiger partial charge >= 0.3 is 5.97 Å². The van der Waals surface area contributed by atoms with E-state index in [0.717, 1.165) is 5.56 Å². The molecule has 0 spiro atoms. The van der Waals surface area contributed by atoms with Crippen LogP contribution in [0.3, 0.4) is 0 Å². The Morgan fingerprint density at radius 3 is 2.46 bits per heavy atom. The molecule has 0 radical (unpaired) electrons. The van der Waals surface area contributed by atoms with E-state index in [4.69, 9.17) is 4.74 Å². The number of esters is 1. The van der Waals surface area contributed by atoms with Crippen molar-refractivity contribution in [3.63, 3.8) is 0 Å². The van der Waals surface area contributed by atoms with Crippen LogP contribution in [-0.4, -0.2) is 16.8 Å². The zero-order chi connectivity index (χ0) is 18.8. The molecule has 2 aromatic carbocycles. The van der Waals surface area contributed by atoms with Gasteiger partial charge in [-0.3, -0.25) is 10.1 Å². The highest BCUT2D eigenvalue weighted by molar-refractivity contribution is 6.12. The molecule has 26 heavy (non-hydrogen) atoms. The van der Waals surface area contributed by atoms with Crippen molar-refractivity contribution in [3.8, 4) is 0 Å². The van der Waals surface area contributed by atoms with Gasteiger partial charge in [-0.1, -0.05) is 43.7 Å². The third-order valence-corrected chi connectivity index (χ3v) is 4.10. The van der Waals surface area contributed by atoms with E-state index < -0.39 is 10.9 Å². The number of nitro benzene ring substituents is 1. The number of nitrogens with zero attached hydrogens (tertiary/aromatic N) is 2. The maximum Gasteiger partial charge on any atom is 0.363 e. The molecular weight excluding hydrogens is 332 g/mol. The summed E-state index contributed by atoms with van der Waals surface area (Å²) in [6.07, 6.45) is 1.50. The van der Waals surface area contributed by atoms with Crippen LogP contribution < -0.4 is 0 Å². The maximum absolute atomic E-state index is 12.1. The summed E-state index contributed by atoms with van der Waals surface area (Å²) >= 11 is 0. The van der Waals surface area contributed by atoms with Crippen LogP contribution in [0.1, 0.15) is 42.0 Å². The highest BCUT2D eigenvalue weighted by atomic mass is 16.6. The van der Waals surface area contributed by atoms with Crippen LogP contribution in [0, 0.1) is 17.0 Å². The van der Waals surface area contributed by atoms with Crippen LogP contribution >= 0.6 is 0 Å². The van der Waals surface area contributed by atoms with Gasteiger partial charge in [0.2, 0.25) is 5.90 Å². The molecule has 6 nitrogen and oxygen atoms in total. The summed E-state index contributed by atoms with van der Waals surface area (Å²) in [5.41, 5.74) is 3.12. The Bertz CT molecular complexity index is 941. The summed E-state index contributed by atoms with van der Waals surface area (Å²) in [4.78, 5) is 27.2. The van der Waals surface area contributed by atoms with Gasteiger partial charge in [-0.25, -0.2) is 9.79 Å². The number of aryl methyl sites for hydroxylation is 1. The van der Waals surface area contributed by atoms with Gasteiger partial charge < -0.3 is 4.74 Å². The molecule has 0 atom stereocenters. The highest BCUT2D eigenvalue weighted by Crippen LogP contribution is 2.29. The number of carbonyl (C=O) groups is 1. The van der Waals surface area contributed by atoms with Gasteiger partial charge in [0.1, 0.15) is 0 Å². The second-order valence-corrected chi connectivity index (χ2v) is 6.43. The molecular formula is C20H18N2O4. The zero-order valence-electron chi connectivity index (χ0n) is 14.7. The van der Waals surface area contributed by atoms with Crippen molar-refractivity contribution < 1.29 is 14.5 Å². The Morgan fingerprint density at radius 1 is 1.15 bits per heavy atom. The number of carbonyl (C=O) groups excluding carboxylic acids is 1. The second-order valence-electron chi connectivity index (χ2n) is 6.43. The van der Waals surface area contributed by atoms with Crippen molar-refractivity contribution in [1.82, 2.24) is 0 Å². The standard InChI is InChI=1S/C20H18N2O4/c1-12(2)16-9-6-14(11-18(16)22(24)25)10-17-20(23)26-19(21-17)15-7-4-13(3)5-8-15/h4-12H,1-3H3/b17-10+. The number of aliphatic imine (C=N–C) groups is 1. The second kappa shape index (κ2) is 6.92. The Kier molecular flexibility index (Phi) is 4.67. The number of cyclic esters (lactones) is 1. The summed E-state index contributed by atoms with van der Waals surface area (Å²) in [7, 11) is 0. The van der Waals surface area contributed by atoms with Crippen LogP contribution in [-0.2, 0) is 9.53 Å². The number of hydrogen-bond acceptors (Lipinski definition) is 5. The number of ether oxygens (including phenoxy) is 1. The van der Waals surface area contributed by atoms with E-state index in [9.17, 15) is 14.9 Å². The van der Waals surface area contributed by atoms with Gasteiger partial charge in [-0.05, 0) is 36.6 Å². The van der Waals surface area contributed by atoms with Crippen LogP contribution in [0.4, 0.5) is 5.69 Å². The molecule has 1 aliphatic heterocycles. The molecule has 6 heteroatoms. The Balaban J connectivity index is 1.96. The summed E-state index contributed by atoms with van der Waals surface area (Å²) in [6.45, 7) is 5.76. The monoisotopic (exact) mass is 350 g/mol. The molecule has 0 unspecified atom stereocenters. The number of nitro groups is 1. The molecule has 0 saturated carbocycles. The normalized spacial score (nSPS) is 15.3. The van der Waals surface area contributed by atoms with E-state index in [1.807, 2.05) is 45.0 Å². The molecule has 3 rings (SSSR count). The van der Waals surface area contributed by atoms with Crippen molar-refractivity contribution in [2.75, 3.05) is 0 Å². The van der Waals surface area contributed by atoms with Crippen LogP contribution in [0.2, 0.25) is 0 Å². The predicted octanol–water partition coefficient (Wildman–Crippen LogP) is 4.37. The number of hydrogen-bond donors (Lipinski definition) is 0. The van der Waals surface area contributed by atoms with E-state index in [0.29, 0.717) is 16.7 Å². The van der Waals surface area contributed by atoms with E-state index in [2.05, 4.69) is 4.99 Å². The largest absolute Gasteiger partial charge is 0.402 e. The minimum Gasteiger partial charge on any atom is -0.402 e. The molecule has 132 valence electrons. The fourth-order valence-corrected chi connectivity index (χ4v) is 2.68. The predicted molar refractivity (Wildman–Crippen MR) is 99.0 cm³/mol. The van der Waals surface area contributed by atoms with Gasteiger partial charge in [0.05, 0.1) is 4.92 Å². The zero-order valence-corrected chi connectivity index (χ0v) is 14.7. The lowest BCUT2D eigenvalue weighted by atomic mass is 9.99. The lowest BCUT2D eigenvalue weighted by molar-refractivity contribution is -0.385. The molecule has 0 bridgehead atoms. The molecule has 0 saturated heterocycles. The van der Waals surface area contributed by atoms with Crippen molar-refractivity contribution in [3.05, 3.63) is 80.5 Å². The van der Waals surface area contributed by atoms with Crippen LogP contribution in [0.15, 0.2) is 53.2 Å². The van der Waals surface area contributed by atoms with E-state index in [1.54, 1.807) is 12.1 Å². The Labute approximate surface area is 151 Å². The lowest BCUT2D eigenvalue weighted by Crippen LogP contribution is -2.05. The van der Waals surface area contributed by atoms with Crippen molar-refractivity contribution in [2.24, 2.45) is 4.99 Å². The van der Waals surface area contributed by atoms with Crippen LogP contribution in [0.5, 0.6) is 0 Å². The summed E-state index contributed by atoms with van der Waals surface area (Å²) in [5, 5.41) is 11.3. The van der Waals surface area contributed by atoms with E-state index in [-0.39, 0.29) is 23.2 Å². The number of rotatable bonds is 4. The smallest absolute Gasteiger partial charge is 0.363 e. The first-order valence-electron chi connectivity index (χ1n) is 8.23. The third-order valence-electron chi connectivity index (χ3n) is 4.10. The minimum absolute atomic E-state index is 0.0275. The van der Waals surface area contributed by atoms with Crippen molar-refractivity contribution in [2.45, 2.75) is 26.7 Å². The van der Waals surface area contributed by atoms with Gasteiger partial charge in [-0.2, -0.15) is 0 Å². The van der Waals surface area contributed by atoms with Crippen molar-refractivity contribution in [1.29, 1.82) is 0 Å². The first-order chi connectivity index (χ1) is 12.3. The van der Waals surface area contributed by atoms with Crippen LogP contribution in [0.25, 0.3) is 6.08 Å². The fourth-order valence-electron chi connectivity index (χ4n) is 2.68. The quantitative estimate of drug-likeness (QED) is 0.355. The summed E-state index contributed by atoms with van der Waals surface area (Å²) in [6, 6.07) is 12.4. The first-order valence-corrected chi connectivity index (χ1v) is 8.23. The lowest BCUT2D eigenvalue weighted by Gasteiger charge is -2.06. The van der Waals surface area contributed by atoms with Crippen molar-refractivity contribution >= 4 is 23.6 Å². The van der Waals surface area contributed by atoms with Gasteiger partial charge in [0.15, 0.2) is 5.70 Å². The molecule has 0 aromatic heterocycles. The summed E-state index contributed by atoms with van der Waals surface area (Å²) < 4.78 is 5.22. The molecule has 0 aliphatic carbocycles. The van der Waals surface area contributed by atoms with Gasteiger partial charge in [-0.15, -0.1) is 0 Å².